The fourth-order valence-electron chi connectivity index (χ4n) is 3.74. The minimum absolute atomic E-state index is 0.106. The van der Waals surface area contributed by atoms with Crippen LogP contribution in [0.2, 0.25) is 5.02 Å². The Morgan fingerprint density at radius 3 is 2.69 bits per heavy atom. The molecule has 4 nitrogen and oxygen atoms in total. The van der Waals surface area contributed by atoms with E-state index in [2.05, 4.69) is 0 Å². The van der Waals surface area contributed by atoms with Gasteiger partial charge in [0, 0.05) is 30.0 Å². The maximum atomic E-state index is 13.2. The monoisotopic (exact) mass is 387 g/mol. The Labute approximate surface area is 162 Å². The second-order valence-corrected chi connectivity index (χ2v) is 8.35. The number of rotatable bonds is 4. The number of fused-ring (bicyclic) bond motifs is 3. The molecule has 0 saturated carbocycles. The first-order valence-electron chi connectivity index (χ1n) is 9.09. The molecule has 0 amide bonds. The van der Waals surface area contributed by atoms with Crippen LogP contribution in [-0.2, 0) is 25.9 Å². The Kier molecular flexibility index (Phi) is 4.76. The molecule has 0 radical (unpaired) electrons. The van der Waals surface area contributed by atoms with E-state index in [1.54, 1.807) is 15.9 Å². The molecule has 1 aliphatic rings. The van der Waals surface area contributed by atoms with Gasteiger partial charge in [-0.05, 0) is 55.9 Å². The van der Waals surface area contributed by atoms with Crippen LogP contribution >= 0.6 is 22.9 Å². The van der Waals surface area contributed by atoms with E-state index in [9.17, 15) is 4.79 Å². The van der Waals surface area contributed by atoms with E-state index in [1.165, 1.54) is 23.3 Å². The van der Waals surface area contributed by atoms with Crippen LogP contribution in [-0.4, -0.2) is 16.6 Å². The van der Waals surface area contributed by atoms with E-state index in [-0.39, 0.29) is 5.56 Å². The molecule has 0 fully saturated rings. The molecule has 0 atom stereocenters. The zero-order chi connectivity index (χ0) is 18.3. The number of hydrogen-bond donors (Lipinski definition) is 0. The molecule has 2 aromatic heterocycles. The largest absolute Gasteiger partial charge is 0.341 e. The minimum Gasteiger partial charge on any atom is -0.341 e. The summed E-state index contributed by atoms with van der Waals surface area (Å²) in [6.07, 6.45) is 4.47. The van der Waals surface area contributed by atoms with Gasteiger partial charge in [0.05, 0.1) is 5.39 Å². The van der Waals surface area contributed by atoms with Gasteiger partial charge in [-0.15, -0.1) is 11.3 Å². The van der Waals surface area contributed by atoms with Crippen molar-refractivity contribution in [2.24, 2.45) is 0 Å². The van der Waals surface area contributed by atoms with Crippen LogP contribution in [0.4, 0.5) is 5.95 Å². The quantitative estimate of drug-likeness (QED) is 0.654. The second-order valence-electron chi connectivity index (χ2n) is 6.83. The first kappa shape index (κ1) is 17.6. The summed E-state index contributed by atoms with van der Waals surface area (Å²) in [7, 11) is 1.99. The molecule has 0 saturated heterocycles. The number of benzene rings is 1. The molecule has 0 unspecified atom stereocenters. The Balaban J connectivity index is 1.79. The maximum absolute atomic E-state index is 13.2. The van der Waals surface area contributed by atoms with Crippen molar-refractivity contribution in [1.82, 2.24) is 9.55 Å². The molecule has 1 aliphatic carbocycles. The lowest BCUT2D eigenvalue weighted by molar-refractivity contribution is 0.682. The number of aryl methyl sites for hydroxylation is 2. The first-order chi connectivity index (χ1) is 12.6. The summed E-state index contributed by atoms with van der Waals surface area (Å²) in [5.41, 5.74) is 2.50. The molecule has 136 valence electrons. The van der Waals surface area contributed by atoms with Crippen LogP contribution in [0, 0.1) is 0 Å². The Morgan fingerprint density at radius 1 is 1.23 bits per heavy atom. The summed E-state index contributed by atoms with van der Waals surface area (Å²) in [4.78, 5) is 22.4. The summed E-state index contributed by atoms with van der Waals surface area (Å²) >= 11 is 7.68. The van der Waals surface area contributed by atoms with Gasteiger partial charge < -0.3 is 4.90 Å². The number of aromatic nitrogens is 2. The van der Waals surface area contributed by atoms with Gasteiger partial charge in [0.15, 0.2) is 0 Å². The third-order valence-electron chi connectivity index (χ3n) is 5.05. The predicted molar refractivity (Wildman–Crippen MR) is 110 cm³/mol. The molecule has 0 N–H and O–H groups in total. The summed E-state index contributed by atoms with van der Waals surface area (Å²) in [6.45, 7) is 3.31. The lowest BCUT2D eigenvalue weighted by Crippen LogP contribution is -2.30. The Bertz CT molecular complexity index is 1010. The SMILES string of the molecule is CCn1c(N(C)Cc2ccc(Cl)cc2)nc2sc3c(c2c1=O)CCCC3. The predicted octanol–water partition coefficient (Wildman–Crippen LogP) is 4.65. The molecular formula is C20H22ClN3OS. The lowest BCUT2D eigenvalue weighted by atomic mass is 9.97. The average molecular weight is 388 g/mol. The highest BCUT2D eigenvalue weighted by molar-refractivity contribution is 7.18. The van der Waals surface area contributed by atoms with E-state index in [0.29, 0.717) is 13.1 Å². The van der Waals surface area contributed by atoms with Gasteiger partial charge in [-0.3, -0.25) is 9.36 Å². The maximum Gasteiger partial charge on any atom is 0.263 e. The van der Waals surface area contributed by atoms with E-state index in [0.717, 1.165) is 39.6 Å². The normalized spacial score (nSPS) is 13.8. The Morgan fingerprint density at radius 2 is 1.96 bits per heavy atom. The molecule has 26 heavy (non-hydrogen) atoms. The zero-order valence-electron chi connectivity index (χ0n) is 15.1. The molecule has 0 aliphatic heterocycles. The molecule has 2 heterocycles. The summed E-state index contributed by atoms with van der Waals surface area (Å²) in [5.74, 6) is 0.735. The topological polar surface area (TPSA) is 38.1 Å². The highest BCUT2D eigenvalue weighted by atomic mass is 35.5. The number of nitrogens with zero attached hydrogens (tertiary/aromatic N) is 3. The fraction of sp³-hybridized carbons (Fsp3) is 0.400. The van der Waals surface area contributed by atoms with E-state index in [1.807, 2.05) is 43.1 Å². The van der Waals surface area contributed by atoms with Gasteiger partial charge in [-0.25, -0.2) is 4.98 Å². The minimum atomic E-state index is 0.106. The van der Waals surface area contributed by atoms with E-state index < -0.39 is 0 Å². The highest BCUT2D eigenvalue weighted by Crippen LogP contribution is 2.34. The van der Waals surface area contributed by atoms with Crippen LogP contribution < -0.4 is 10.5 Å². The van der Waals surface area contributed by atoms with Gasteiger partial charge in [0.1, 0.15) is 4.83 Å². The number of thiophene rings is 1. The zero-order valence-corrected chi connectivity index (χ0v) is 16.7. The van der Waals surface area contributed by atoms with E-state index in [4.69, 9.17) is 16.6 Å². The van der Waals surface area contributed by atoms with Crippen molar-refractivity contribution in [2.45, 2.75) is 45.7 Å². The summed E-state index contributed by atoms with van der Waals surface area (Å²) in [5, 5.41) is 1.58. The second kappa shape index (κ2) is 7.05. The van der Waals surface area contributed by atoms with Crippen molar-refractivity contribution in [3.63, 3.8) is 0 Å². The van der Waals surface area contributed by atoms with Gasteiger partial charge in [0.25, 0.3) is 5.56 Å². The summed E-state index contributed by atoms with van der Waals surface area (Å²) in [6, 6.07) is 7.80. The van der Waals surface area contributed by atoms with Crippen LogP contribution in [0.5, 0.6) is 0 Å². The van der Waals surface area contributed by atoms with Gasteiger partial charge in [-0.2, -0.15) is 0 Å². The van der Waals surface area contributed by atoms with Gasteiger partial charge in [-0.1, -0.05) is 23.7 Å². The number of anilines is 1. The van der Waals surface area contributed by atoms with Gasteiger partial charge >= 0.3 is 0 Å². The molecule has 0 bridgehead atoms. The summed E-state index contributed by atoms with van der Waals surface area (Å²) < 4.78 is 1.81. The molecular weight excluding hydrogens is 366 g/mol. The highest BCUT2D eigenvalue weighted by Gasteiger charge is 2.22. The molecule has 1 aromatic carbocycles. The van der Waals surface area contributed by atoms with Crippen LogP contribution in [0.3, 0.4) is 0 Å². The smallest absolute Gasteiger partial charge is 0.263 e. The third-order valence-corrected chi connectivity index (χ3v) is 6.48. The van der Waals surface area contributed by atoms with Crippen molar-refractivity contribution in [3.8, 4) is 0 Å². The molecule has 6 heteroatoms. The lowest BCUT2D eigenvalue weighted by Gasteiger charge is -2.22. The number of hydrogen-bond acceptors (Lipinski definition) is 4. The number of halogens is 1. The van der Waals surface area contributed by atoms with Crippen molar-refractivity contribution in [1.29, 1.82) is 0 Å². The van der Waals surface area contributed by atoms with Crippen molar-refractivity contribution in [2.75, 3.05) is 11.9 Å². The average Bonchev–Trinajstić information content (AvgIpc) is 3.02. The molecule has 4 rings (SSSR count). The molecule has 3 aromatic rings. The Hall–Kier alpha value is -1.85. The van der Waals surface area contributed by atoms with Crippen LogP contribution in [0.25, 0.3) is 10.2 Å². The van der Waals surface area contributed by atoms with Crippen LogP contribution in [0.15, 0.2) is 29.1 Å². The van der Waals surface area contributed by atoms with Crippen molar-refractivity contribution in [3.05, 3.63) is 55.6 Å². The fourth-order valence-corrected chi connectivity index (χ4v) is 5.11. The standard InChI is InChI=1S/C20H22ClN3OS/c1-3-24-19(25)17-15-6-4-5-7-16(15)26-18(17)22-20(24)23(2)12-13-8-10-14(21)11-9-13/h8-11H,3-7,12H2,1-2H3. The molecule has 0 spiro atoms. The van der Waals surface area contributed by atoms with Crippen molar-refractivity contribution >= 4 is 39.1 Å². The van der Waals surface area contributed by atoms with Crippen molar-refractivity contribution < 1.29 is 0 Å². The van der Waals surface area contributed by atoms with Gasteiger partial charge in [0.2, 0.25) is 5.95 Å². The van der Waals surface area contributed by atoms with E-state index >= 15 is 0 Å². The third kappa shape index (κ3) is 3.03. The first-order valence-corrected chi connectivity index (χ1v) is 10.3. The van der Waals surface area contributed by atoms with Crippen LogP contribution in [0.1, 0.15) is 35.8 Å².